The molecule has 2 aliphatic heterocycles. The van der Waals surface area contributed by atoms with Crippen molar-refractivity contribution in [1.29, 1.82) is 5.26 Å². The molecule has 6 nitrogen and oxygen atoms in total. The van der Waals surface area contributed by atoms with Crippen LogP contribution in [-0.4, -0.2) is 11.7 Å². The molecule has 3 N–H and O–H groups in total. The predicted molar refractivity (Wildman–Crippen MR) is 113 cm³/mol. The lowest BCUT2D eigenvalue weighted by molar-refractivity contribution is -0.122. The molecule has 1 spiro atoms. The molecule has 0 bridgehead atoms. The van der Waals surface area contributed by atoms with Gasteiger partial charge in [0, 0.05) is 34.6 Å². The molecule has 0 fully saturated rings. The first-order chi connectivity index (χ1) is 14.9. The second-order valence-electron chi connectivity index (χ2n) is 8.04. The van der Waals surface area contributed by atoms with Crippen molar-refractivity contribution in [3.63, 3.8) is 0 Å². The average Bonchev–Trinajstić information content (AvgIpc) is 3.02. The van der Waals surface area contributed by atoms with Crippen LogP contribution in [0.2, 0.25) is 0 Å². The van der Waals surface area contributed by atoms with Gasteiger partial charge in [-0.1, -0.05) is 17.7 Å². The summed E-state index contributed by atoms with van der Waals surface area (Å²) < 4.78 is 14.3. The number of rotatable bonds is 1. The van der Waals surface area contributed by atoms with E-state index in [1.165, 1.54) is 18.2 Å². The van der Waals surface area contributed by atoms with Gasteiger partial charge in [0.05, 0.1) is 5.57 Å². The summed E-state index contributed by atoms with van der Waals surface area (Å²) in [6.07, 6.45) is 1.36. The summed E-state index contributed by atoms with van der Waals surface area (Å²) in [6.45, 7) is 1.96. The number of hydrogen-bond donors (Lipinski definition) is 2. The highest BCUT2D eigenvalue weighted by molar-refractivity contribution is 6.19. The topological polar surface area (TPSA) is 99.2 Å². The van der Waals surface area contributed by atoms with Crippen molar-refractivity contribution in [2.45, 2.75) is 31.6 Å². The number of nitrogens with zero attached hydrogens (tertiary/aromatic N) is 2. The number of hydrogen-bond acceptors (Lipinski definition) is 5. The Hall–Kier alpha value is -3.92. The number of halogens is 1. The number of nitriles is 1. The third kappa shape index (κ3) is 2.42. The van der Waals surface area contributed by atoms with Gasteiger partial charge in [-0.15, -0.1) is 0 Å². The molecule has 0 saturated heterocycles. The zero-order valence-corrected chi connectivity index (χ0v) is 16.8. The van der Waals surface area contributed by atoms with Crippen molar-refractivity contribution in [3.05, 3.63) is 82.1 Å². The van der Waals surface area contributed by atoms with Crippen molar-refractivity contribution in [2.24, 2.45) is 5.73 Å². The summed E-state index contributed by atoms with van der Waals surface area (Å²) >= 11 is 0. The minimum absolute atomic E-state index is 0.0658. The maximum atomic E-state index is 14.3. The number of nitrogens with two attached hydrogens (primary N) is 1. The first-order valence-corrected chi connectivity index (χ1v) is 10.0. The fourth-order valence-corrected chi connectivity index (χ4v) is 4.95. The van der Waals surface area contributed by atoms with Gasteiger partial charge >= 0.3 is 0 Å². The Labute approximate surface area is 178 Å². The Bertz CT molecular complexity index is 1270. The van der Waals surface area contributed by atoms with Crippen LogP contribution in [0.25, 0.3) is 0 Å². The number of fused-ring (bicyclic) bond motifs is 3. The van der Waals surface area contributed by atoms with Gasteiger partial charge in [0.25, 0.3) is 0 Å². The molecule has 0 aromatic heterocycles. The minimum Gasteiger partial charge on any atom is -0.384 e. The first-order valence-electron chi connectivity index (χ1n) is 10.0. The molecule has 2 heterocycles. The summed E-state index contributed by atoms with van der Waals surface area (Å²) in [7, 11) is 0. The number of aryl methyl sites for hydroxylation is 1. The second kappa shape index (κ2) is 6.54. The van der Waals surface area contributed by atoms with E-state index in [0.29, 0.717) is 29.9 Å². The lowest BCUT2D eigenvalue weighted by Crippen LogP contribution is -2.50. The Balaban J connectivity index is 1.88. The molecule has 7 heteroatoms. The van der Waals surface area contributed by atoms with Crippen molar-refractivity contribution < 1.29 is 14.0 Å². The Morgan fingerprint density at radius 2 is 1.90 bits per heavy atom. The fourth-order valence-electron chi connectivity index (χ4n) is 4.95. The number of anilines is 2. The van der Waals surface area contributed by atoms with Crippen molar-refractivity contribution >= 4 is 23.1 Å². The Morgan fingerprint density at radius 1 is 1.16 bits per heavy atom. The fraction of sp³-hybridized carbons (Fsp3) is 0.208. The molecular formula is C24H19FN4O2. The van der Waals surface area contributed by atoms with E-state index in [9.17, 15) is 19.2 Å². The molecule has 0 unspecified atom stereocenters. The number of ketones is 1. The third-order valence-corrected chi connectivity index (χ3v) is 6.28. The van der Waals surface area contributed by atoms with Crippen molar-refractivity contribution in [3.8, 4) is 6.07 Å². The van der Waals surface area contributed by atoms with Crippen LogP contribution in [-0.2, 0) is 15.0 Å². The molecule has 154 valence electrons. The number of benzene rings is 2. The van der Waals surface area contributed by atoms with Crippen LogP contribution in [0.5, 0.6) is 0 Å². The van der Waals surface area contributed by atoms with Crippen LogP contribution in [0.1, 0.15) is 30.4 Å². The number of Topliss-reactive ketones (excluding diaryl/α,β-unsaturated/α-hetero) is 1. The Morgan fingerprint density at radius 3 is 2.61 bits per heavy atom. The summed E-state index contributed by atoms with van der Waals surface area (Å²) in [5, 5.41) is 12.9. The minimum atomic E-state index is -1.75. The van der Waals surface area contributed by atoms with Crippen molar-refractivity contribution in [2.75, 3.05) is 10.2 Å². The normalized spacial score (nSPS) is 22.4. The molecule has 5 rings (SSSR count). The lowest BCUT2D eigenvalue weighted by atomic mass is 9.64. The third-order valence-electron chi connectivity index (χ3n) is 6.28. The largest absolute Gasteiger partial charge is 0.384 e. The van der Waals surface area contributed by atoms with Gasteiger partial charge in [-0.05, 0) is 50.1 Å². The predicted octanol–water partition coefficient (Wildman–Crippen LogP) is 3.55. The number of carbonyl (C=O) groups excluding carboxylic acids is 2. The number of amides is 1. The monoisotopic (exact) mass is 414 g/mol. The highest BCUT2D eigenvalue weighted by atomic mass is 19.1. The van der Waals surface area contributed by atoms with E-state index in [0.717, 1.165) is 5.56 Å². The van der Waals surface area contributed by atoms with Crippen LogP contribution in [0, 0.1) is 24.1 Å². The van der Waals surface area contributed by atoms with Gasteiger partial charge in [0.2, 0.25) is 5.91 Å². The molecule has 31 heavy (non-hydrogen) atoms. The SMILES string of the molecule is Cc1ccc(N2C(N)=C(C#N)[C@]3(C(=O)Nc4ccc(F)cc43)C3=C2CCCC3=O)cc1. The number of allylic oxidation sites excluding steroid dienone is 1. The highest BCUT2D eigenvalue weighted by Gasteiger charge is 2.60. The molecule has 2 aromatic carbocycles. The van der Waals surface area contributed by atoms with E-state index in [4.69, 9.17) is 5.73 Å². The average molecular weight is 414 g/mol. The number of nitrogens with one attached hydrogen (secondary N) is 1. The maximum Gasteiger partial charge on any atom is 0.245 e. The molecular weight excluding hydrogens is 395 g/mol. The molecule has 1 aliphatic carbocycles. The number of carbonyl (C=O) groups is 2. The van der Waals surface area contributed by atoms with Crippen LogP contribution in [0.4, 0.5) is 15.8 Å². The quantitative estimate of drug-likeness (QED) is 0.744. The maximum absolute atomic E-state index is 14.3. The lowest BCUT2D eigenvalue weighted by Gasteiger charge is -2.43. The van der Waals surface area contributed by atoms with Crippen LogP contribution < -0.4 is 16.0 Å². The van der Waals surface area contributed by atoms with E-state index < -0.39 is 17.1 Å². The summed E-state index contributed by atoms with van der Waals surface area (Å²) in [5.41, 5.74) is 7.90. The van der Waals surface area contributed by atoms with Crippen molar-refractivity contribution in [1.82, 2.24) is 0 Å². The first kappa shape index (κ1) is 19.1. The zero-order chi connectivity index (χ0) is 21.9. The molecule has 3 aliphatic rings. The van der Waals surface area contributed by atoms with Gasteiger partial charge in [-0.3, -0.25) is 14.5 Å². The zero-order valence-electron chi connectivity index (χ0n) is 16.8. The van der Waals surface area contributed by atoms with E-state index in [1.54, 1.807) is 4.90 Å². The van der Waals surface area contributed by atoms with Gasteiger partial charge in [0.15, 0.2) is 5.78 Å². The van der Waals surface area contributed by atoms with E-state index in [2.05, 4.69) is 11.4 Å². The standard InChI is InChI=1S/C24H19FN4O2/c1-13-5-8-15(9-6-13)29-19-3-2-4-20(30)21(19)24(17(12-26)22(29)27)16-11-14(25)7-10-18(16)28-23(24)31/h5-11H,2-4,27H2,1H3,(H,28,31)/t24-/m0/s1. The second-order valence-corrected chi connectivity index (χ2v) is 8.04. The van der Waals surface area contributed by atoms with Gasteiger partial charge in [0.1, 0.15) is 23.1 Å². The smallest absolute Gasteiger partial charge is 0.245 e. The van der Waals surface area contributed by atoms with Gasteiger partial charge < -0.3 is 11.1 Å². The molecule has 2 aromatic rings. The van der Waals surface area contributed by atoms with Gasteiger partial charge in [-0.2, -0.15) is 5.26 Å². The van der Waals surface area contributed by atoms with E-state index in [1.807, 2.05) is 31.2 Å². The summed E-state index contributed by atoms with van der Waals surface area (Å²) in [4.78, 5) is 28.4. The van der Waals surface area contributed by atoms with Crippen LogP contribution in [0.3, 0.4) is 0 Å². The van der Waals surface area contributed by atoms with E-state index in [-0.39, 0.29) is 34.7 Å². The van der Waals surface area contributed by atoms with E-state index >= 15 is 0 Å². The summed E-state index contributed by atoms with van der Waals surface area (Å²) in [6, 6.07) is 13.5. The Kier molecular flexibility index (Phi) is 4.02. The molecule has 1 atom stereocenters. The van der Waals surface area contributed by atoms with Crippen LogP contribution in [0.15, 0.2) is 65.1 Å². The highest BCUT2D eigenvalue weighted by Crippen LogP contribution is 2.55. The molecule has 0 saturated carbocycles. The summed E-state index contributed by atoms with van der Waals surface area (Å²) in [5.74, 6) is -1.27. The van der Waals surface area contributed by atoms with Crippen LogP contribution >= 0.6 is 0 Å². The molecule has 1 amide bonds. The van der Waals surface area contributed by atoms with Gasteiger partial charge in [-0.25, -0.2) is 4.39 Å². The molecule has 0 radical (unpaired) electrons.